The Hall–Kier alpha value is -1.03. The van der Waals surface area contributed by atoms with Crippen LogP contribution >= 0.6 is 27.5 Å². The minimum atomic E-state index is 0.124. The van der Waals surface area contributed by atoms with Gasteiger partial charge in [0.1, 0.15) is 5.75 Å². The fourth-order valence-electron chi connectivity index (χ4n) is 2.14. The number of hydrogen-bond acceptors (Lipinski definition) is 2. The molecule has 1 N–H and O–H groups in total. The van der Waals surface area contributed by atoms with Crippen LogP contribution in [0.1, 0.15) is 24.1 Å². The molecule has 0 amide bonds. The average Bonchev–Trinajstić information content (AvgIpc) is 2.47. The molecule has 0 heterocycles. The average molecular weight is 355 g/mol. The fourth-order valence-corrected chi connectivity index (χ4v) is 2.60. The van der Waals surface area contributed by atoms with Crippen molar-refractivity contribution in [1.29, 1.82) is 0 Å². The lowest BCUT2D eigenvalue weighted by atomic mass is 9.98. The number of nitrogens with one attached hydrogen (secondary N) is 1. The van der Waals surface area contributed by atoms with Gasteiger partial charge >= 0.3 is 0 Å². The zero-order valence-corrected chi connectivity index (χ0v) is 13.8. The first-order chi connectivity index (χ1) is 9.65. The quantitative estimate of drug-likeness (QED) is 0.832. The standard InChI is InChI=1S/C16H17BrClNO/c1-3-19-16(11-4-7-13(17)8-5-11)12-6-9-14(18)15(10-12)20-2/h4-10,16,19H,3H2,1-2H3. The van der Waals surface area contributed by atoms with Crippen LogP contribution in [0.3, 0.4) is 0 Å². The van der Waals surface area contributed by atoms with E-state index >= 15 is 0 Å². The Morgan fingerprint density at radius 1 is 1.15 bits per heavy atom. The zero-order valence-electron chi connectivity index (χ0n) is 11.5. The topological polar surface area (TPSA) is 21.3 Å². The van der Waals surface area contributed by atoms with Crippen LogP contribution in [-0.2, 0) is 0 Å². The predicted molar refractivity (Wildman–Crippen MR) is 87.7 cm³/mol. The summed E-state index contributed by atoms with van der Waals surface area (Å²) in [4.78, 5) is 0. The largest absolute Gasteiger partial charge is 0.495 e. The van der Waals surface area contributed by atoms with Gasteiger partial charge in [0.2, 0.25) is 0 Å². The molecule has 2 aromatic rings. The molecule has 1 unspecified atom stereocenters. The SMILES string of the molecule is CCNC(c1ccc(Br)cc1)c1ccc(Cl)c(OC)c1. The third-order valence-electron chi connectivity index (χ3n) is 3.12. The van der Waals surface area contributed by atoms with Crippen LogP contribution in [0.4, 0.5) is 0 Å². The van der Waals surface area contributed by atoms with Crippen LogP contribution in [0.15, 0.2) is 46.9 Å². The molecular weight excluding hydrogens is 338 g/mol. The molecule has 0 fully saturated rings. The highest BCUT2D eigenvalue weighted by atomic mass is 79.9. The highest BCUT2D eigenvalue weighted by molar-refractivity contribution is 9.10. The van der Waals surface area contributed by atoms with E-state index < -0.39 is 0 Å². The highest BCUT2D eigenvalue weighted by Gasteiger charge is 2.14. The maximum atomic E-state index is 6.09. The highest BCUT2D eigenvalue weighted by Crippen LogP contribution is 2.30. The van der Waals surface area contributed by atoms with Gasteiger partial charge in [-0.1, -0.05) is 52.7 Å². The summed E-state index contributed by atoms with van der Waals surface area (Å²) in [5, 5.41) is 4.12. The Labute approximate surface area is 133 Å². The number of hydrogen-bond donors (Lipinski definition) is 1. The zero-order chi connectivity index (χ0) is 14.5. The van der Waals surface area contributed by atoms with Crippen molar-refractivity contribution >= 4 is 27.5 Å². The monoisotopic (exact) mass is 353 g/mol. The number of rotatable bonds is 5. The minimum Gasteiger partial charge on any atom is -0.495 e. The van der Waals surface area contributed by atoms with E-state index in [-0.39, 0.29) is 6.04 Å². The summed E-state index contributed by atoms with van der Waals surface area (Å²) in [5.41, 5.74) is 2.34. The second-order valence-electron chi connectivity index (χ2n) is 4.44. The van der Waals surface area contributed by atoms with E-state index in [0.717, 1.165) is 16.6 Å². The third-order valence-corrected chi connectivity index (χ3v) is 3.96. The van der Waals surface area contributed by atoms with Crippen LogP contribution in [0, 0.1) is 0 Å². The molecule has 2 rings (SSSR count). The van der Waals surface area contributed by atoms with Gasteiger partial charge < -0.3 is 10.1 Å². The van der Waals surface area contributed by atoms with Crippen molar-refractivity contribution in [3.05, 3.63) is 63.1 Å². The van der Waals surface area contributed by atoms with Crippen molar-refractivity contribution in [2.75, 3.05) is 13.7 Å². The summed E-state index contributed by atoms with van der Waals surface area (Å²) in [6.07, 6.45) is 0. The van der Waals surface area contributed by atoms with Crippen molar-refractivity contribution in [2.24, 2.45) is 0 Å². The number of benzene rings is 2. The first-order valence-corrected chi connectivity index (χ1v) is 7.65. The molecule has 1 atom stereocenters. The van der Waals surface area contributed by atoms with Gasteiger partial charge in [-0.05, 0) is 41.9 Å². The molecule has 0 spiro atoms. The smallest absolute Gasteiger partial charge is 0.137 e. The van der Waals surface area contributed by atoms with Gasteiger partial charge in [-0.25, -0.2) is 0 Å². The molecule has 4 heteroatoms. The molecular formula is C16H17BrClNO. The second kappa shape index (κ2) is 7.11. The molecule has 0 aliphatic rings. The Bertz CT molecular complexity index is 571. The minimum absolute atomic E-state index is 0.124. The number of methoxy groups -OCH3 is 1. The molecule has 106 valence electrons. The molecule has 0 saturated carbocycles. The summed E-state index contributed by atoms with van der Waals surface area (Å²) in [6, 6.07) is 14.3. The summed E-state index contributed by atoms with van der Waals surface area (Å²) >= 11 is 9.56. The van der Waals surface area contributed by atoms with E-state index in [1.165, 1.54) is 5.56 Å². The fraction of sp³-hybridized carbons (Fsp3) is 0.250. The van der Waals surface area contributed by atoms with Crippen molar-refractivity contribution < 1.29 is 4.74 Å². The van der Waals surface area contributed by atoms with Gasteiger partial charge in [-0.15, -0.1) is 0 Å². The van der Waals surface area contributed by atoms with Crippen molar-refractivity contribution in [2.45, 2.75) is 13.0 Å². The number of halogens is 2. The van der Waals surface area contributed by atoms with Gasteiger partial charge in [-0.3, -0.25) is 0 Å². The Morgan fingerprint density at radius 2 is 1.80 bits per heavy atom. The molecule has 0 aliphatic heterocycles. The maximum absolute atomic E-state index is 6.09. The number of ether oxygens (including phenoxy) is 1. The van der Waals surface area contributed by atoms with Gasteiger partial charge in [0.25, 0.3) is 0 Å². The summed E-state index contributed by atoms with van der Waals surface area (Å²) in [5.74, 6) is 0.698. The van der Waals surface area contributed by atoms with E-state index in [9.17, 15) is 0 Å². The van der Waals surface area contributed by atoms with Gasteiger partial charge in [0.05, 0.1) is 18.2 Å². The molecule has 0 aliphatic carbocycles. The maximum Gasteiger partial charge on any atom is 0.137 e. The second-order valence-corrected chi connectivity index (χ2v) is 5.76. The molecule has 0 saturated heterocycles. The van der Waals surface area contributed by atoms with E-state index in [4.69, 9.17) is 16.3 Å². The van der Waals surface area contributed by atoms with Gasteiger partial charge in [0.15, 0.2) is 0 Å². The van der Waals surface area contributed by atoms with E-state index in [1.807, 2.05) is 30.3 Å². The van der Waals surface area contributed by atoms with Crippen molar-refractivity contribution in [3.63, 3.8) is 0 Å². The van der Waals surface area contributed by atoms with Crippen LogP contribution in [0.5, 0.6) is 5.75 Å². The van der Waals surface area contributed by atoms with Crippen LogP contribution in [-0.4, -0.2) is 13.7 Å². The lowest BCUT2D eigenvalue weighted by Crippen LogP contribution is -2.21. The Balaban J connectivity index is 2.39. The molecule has 0 radical (unpaired) electrons. The van der Waals surface area contributed by atoms with E-state index in [0.29, 0.717) is 10.8 Å². The molecule has 20 heavy (non-hydrogen) atoms. The lowest BCUT2D eigenvalue weighted by molar-refractivity contribution is 0.414. The normalized spacial score (nSPS) is 12.2. The molecule has 0 aromatic heterocycles. The lowest BCUT2D eigenvalue weighted by Gasteiger charge is -2.20. The molecule has 2 nitrogen and oxygen atoms in total. The summed E-state index contributed by atoms with van der Waals surface area (Å²) in [6.45, 7) is 2.98. The van der Waals surface area contributed by atoms with E-state index in [2.05, 4.69) is 40.3 Å². The van der Waals surface area contributed by atoms with Crippen LogP contribution in [0.2, 0.25) is 5.02 Å². The Morgan fingerprint density at radius 3 is 2.40 bits per heavy atom. The third kappa shape index (κ3) is 3.54. The van der Waals surface area contributed by atoms with Gasteiger partial charge in [-0.2, -0.15) is 0 Å². The molecule has 2 aromatic carbocycles. The summed E-state index contributed by atoms with van der Waals surface area (Å²) in [7, 11) is 1.63. The first kappa shape index (κ1) is 15.4. The van der Waals surface area contributed by atoms with Crippen molar-refractivity contribution in [3.8, 4) is 5.75 Å². The molecule has 0 bridgehead atoms. The van der Waals surface area contributed by atoms with Gasteiger partial charge in [0, 0.05) is 4.47 Å². The predicted octanol–water partition coefficient (Wildman–Crippen LogP) is 4.81. The van der Waals surface area contributed by atoms with Crippen LogP contribution < -0.4 is 10.1 Å². The van der Waals surface area contributed by atoms with Crippen molar-refractivity contribution in [1.82, 2.24) is 5.32 Å². The Kier molecular flexibility index (Phi) is 5.46. The van der Waals surface area contributed by atoms with E-state index in [1.54, 1.807) is 7.11 Å². The first-order valence-electron chi connectivity index (χ1n) is 6.48. The summed E-state index contributed by atoms with van der Waals surface area (Å²) < 4.78 is 6.38. The van der Waals surface area contributed by atoms with Crippen LogP contribution in [0.25, 0.3) is 0 Å².